The molecule has 10 heteroatoms. The first-order chi connectivity index (χ1) is 11.6. The van der Waals surface area contributed by atoms with Crippen molar-refractivity contribution in [2.45, 2.75) is 6.54 Å². The molecule has 0 radical (unpaired) electrons. The number of carbonyl (C=O) groups is 1. The molecule has 0 bridgehead atoms. The van der Waals surface area contributed by atoms with E-state index in [1.165, 1.54) is 6.07 Å². The van der Waals surface area contributed by atoms with Crippen LogP contribution < -0.4 is 10.2 Å². The molecule has 1 saturated heterocycles. The number of rotatable bonds is 5. The number of nitrogens with zero attached hydrogens (tertiary/aromatic N) is 4. The van der Waals surface area contributed by atoms with Gasteiger partial charge in [-0.05, 0) is 12.1 Å². The van der Waals surface area contributed by atoms with E-state index in [1.807, 2.05) is 0 Å². The molecule has 126 valence electrons. The summed E-state index contributed by atoms with van der Waals surface area (Å²) in [7, 11) is 0. The SMILES string of the molecule is O=C(NCc1nccc(N2CCOCC2)n1)c1ccc([N+](=O)[O-])o1. The number of amides is 1. The molecule has 0 atom stereocenters. The molecule has 0 spiro atoms. The van der Waals surface area contributed by atoms with Gasteiger partial charge >= 0.3 is 5.88 Å². The Morgan fingerprint density at radius 2 is 2.12 bits per heavy atom. The van der Waals surface area contributed by atoms with Crippen LogP contribution in [0.1, 0.15) is 16.4 Å². The van der Waals surface area contributed by atoms with E-state index < -0.39 is 16.7 Å². The Morgan fingerprint density at radius 3 is 2.83 bits per heavy atom. The van der Waals surface area contributed by atoms with E-state index in [0.717, 1.165) is 25.0 Å². The average molecular weight is 333 g/mol. The second kappa shape index (κ2) is 7.04. The predicted octanol–water partition coefficient (Wildman–Crippen LogP) is 0.744. The highest BCUT2D eigenvalue weighted by Gasteiger charge is 2.18. The third-order valence-corrected chi connectivity index (χ3v) is 3.43. The molecule has 0 unspecified atom stereocenters. The fourth-order valence-corrected chi connectivity index (χ4v) is 2.24. The number of hydrogen-bond acceptors (Lipinski definition) is 8. The molecule has 0 aromatic carbocycles. The Morgan fingerprint density at radius 1 is 1.33 bits per heavy atom. The summed E-state index contributed by atoms with van der Waals surface area (Å²) in [5.41, 5.74) is 0. The topological polar surface area (TPSA) is 124 Å². The molecule has 1 fully saturated rings. The van der Waals surface area contributed by atoms with Crippen LogP contribution in [0.15, 0.2) is 28.8 Å². The zero-order valence-corrected chi connectivity index (χ0v) is 12.7. The van der Waals surface area contributed by atoms with Gasteiger partial charge < -0.3 is 19.4 Å². The van der Waals surface area contributed by atoms with Crippen molar-refractivity contribution in [3.63, 3.8) is 0 Å². The zero-order chi connectivity index (χ0) is 16.9. The van der Waals surface area contributed by atoms with Gasteiger partial charge in [0.15, 0.2) is 5.76 Å². The predicted molar refractivity (Wildman–Crippen MR) is 81.6 cm³/mol. The minimum atomic E-state index is -0.703. The highest BCUT2D eigenvalue weighted by atomic mass is 16.6. The highest BCUT2D eigenvalue weighted by molar-refractivity contribution is 5.91. The van der Waals surface area contributed by atoms with Crippen molar-refractivity contribution in [1.82, 2.24) is 15.3 Å². The van der Waals surface area contributed by atoms with E-state index in [4.69, 9.17) is 9.15 Å². The Balaban J connectivity index is 1.61. The Bertz CT molecular complexity index is 741. The van der Waals surface area contributed by atoms with Gasteiger partial charge in [-0.15, -0.1) is 0 Å². The zero-order valence-electron chi connectivity index (χ0n) is 12.7. The molecule has 1 aliphatic heterocycles. The van der Waals surface area contributed by atoms with E-state index in [-0.39, 0.29) is 12.3 Å². The summed E-state index contributed by atoms with van der Waals surface area (Å²) in [5.74, 6) is 0.0276. The molecule has 2 aromatic heterocycles. The van der Waals surface area contributed by atoms with Crippen molar-refractivity contribution in [3.8, 4) is 0 Å². The molecule has 2 aromatic rings. The third-order valence-electron chi connectivity index (χ3n) is 3.43. The lowest BCUT2D eigenvalue weighted by Crippen LogP contribution is -2.37. The lowest BCUT2D eigenvalue weighted by atomic mass is 10.4. The monoisotopic (exact) mass is 333 g/mol. The molecule has 24 heavy (non-hydrogen) atoms. The molecule has 10 nitrogen and oxygen atoms in total. The third kappa shape index (κ3) is 3.66. The number of aromatic nitrogens is 2. The summed E-state index contributed by atoms with van der Waals surface area (Å²) in [6, 6.07) is 4.18. The van der Waals surface area contributed by atoms with Crippen LogP contribution in [0.5, 0.6) is 0 Å². The van der Waals surface area contributed by atoms with Crippen LogP contribution in [0.2, 0.25) is 0 Å². The van der Waals surface area contributed by atoms with Crippen LogP contribution in [0.3, 0.4) is 0 Å². The lowest BCUT2D eigenvalue weighted by molar-refractivity contribution is -0.402. The number of ether oxygens (including phenoxy) is 1. The number of anilines is 1. The first-order valence-corrected chi connectivity index (χ1v) is 7.30. The lowest BCUT2D eigenvalue weighted by Gasteiger charge is -2.27. The summed E-state index contributed by atoms with van der Waals surface area (Å²) in [5, 5.41) is 13.1. The van der Waals surface area contributed by atoms with Crippen LogP contribution in [0, 0.1) is 10.1 Å². The van der Waals surface area contributed by atoms with Crippen LogP contribution in [-0.2, 0) is 11.3 Å². The van der Waals surface area contributed by atoms with Gasteiger partial charge in [-0.3, -0.25) is 14.9 Å². The van der Waals surface area contributed by atoms with Crippen LogP contribution >= 0.6 is 0 Å². The molecule has 0 saturated carbocycles. The summed E-state index contributed by atoms with van der Waals surface area (Å²) in [6.07, 6.45) is 1.62. The maximum Gasteiger partial charge on any atom is 0.433 e. The molecule has 1 aliphatic rings. The molecular formula is C14H15N5O5. The van der Waals surface area contributed by atoms with E-state index in [2.05, 4.69) is 20.2 Å². The van der Waals surface area contributed by atoms with Crippen molar-refractivity contribution in [2.24, 2.45) is 0 Å². The largest absolute Gasteiger partial charge is 0.433 e. The molecule has 1 amide bonds. The Labute approximate surface area is 136 Å². The fraction of sp³-hybridized carbons (Fsp3) is 0.357. The number of nitrogens with one attached hydrogen (secondary N) is 1. The first-order valence-electron chi connectivity index (χ1n) is 7.30. The van der Waals surface area contributed by atoms with Crippen LogP contribution in [0.25, 0.3) is 0 Å². The van der Waals surface area contributed by atoms with Crippen molar-refractivity contribution in [1.29, 1.82) is 0 Å². The van der Waals surface area contributed by atoms with E-state index >= 15 is 0 Å². The average Bonchev–Trinajstić information content (AvgIpc) is 3.11. The number of nitro groups is 1. The number of hydrogen-bond donors (Lipinski definition) is 1. The summed E-state index contributed by atoms with van der Waals surface area (Å²) in [4.78, 5) is 32.4. The second-order valence-corrected chi connectivity index (χ2v) is 5.01. The number of furan rings is 1. The number of carbonyl (C=O) groups excluding carboxylic acids is 1. The fourth-order valence-electron chi connectivity index (χ4n) is 2.24. The molecule has 3 heterocycles. The van der Waals surface area contributed by atoms with E-state index in [0.29, 0.717) is 19.0 Å². The second-order valence-electron chi connectivity index (χ2n) is 5.01. The Hall–Kier alpha value is -3.01. The van der Waals surface area contributed by atoms with Gasteiger partial charge in [0.2, 0.25) is 0 Å². The summed E-state index contributed by atoms with van der Waals surface area (Å²) >= 11 is 0. The molecule has 1 N–H and O–H groups in total. The first kappa shape index (κ1) is 15.9. The van der Waals surface area contributed by atoms with Crippen LogP contribution in [-0.4, -0.2) is 47.1 Å². The molecule has 3 rings (SSSR count). The summed E-state index contributed by atoms with van der Waals surface area (Å²) < 4.78 is 10.1. The van der Waals surface area contributed by atoms with Gasteiger partial charge in [0, 0.05) is 19.3 Å². The van der Waals surface area contributed by atoms with Gasteiger partial charge in [0.25, 0.3) is 5.91 Å². The van der Waals surface area contributed by atoms with Crippen molar-refractivity contribution in [3.05, 3.63) is 46.1 Å². The normalized spacial score (nSPS) is 14.4. The maximum atomic E-state index is 11.9. The van der Waals surface area contributed by atoms with Gasteiger partial charge in [-0.2, -0.15) is 0 Å². The summed E-state index contributed by atoms with van der Waals surface area (Å²) in [6.45, 7) is 2.88. The number of morpholine rings is 1. The standard InChI is InChI=1S/C14H15N5O5/c20-14(10-1-2-13(24-10)19(21)22)16-9-11-15-4-3-12(17-11)18-5-7-23-8-6-18/h1-4H,5-9H2,(H,16,20). The molecular weight excluding hydrogens is 318 g/mol. The van der Waals surface area contributed by atoms with Gasteiger partial charge in [-0.1, -0.05) is 0 Å². The van der Waals surface area contributed by atoms with E-state index in [9.17, 15) is 14.9 Å². The van der Waals surface area contributed by atoms with Crippen molar-refractivity contribution in [2.75, 3.05) is 31.2 Å². The van der Waals surface area contributed by atoms with Gasteiger partial charge in [0.05, 0.1) is 25.8 Å². The van der Waals surface area contributed by atoms with Crippen molar-refractivity contribution < 1.29 is 18.9 Å². The molecule has 0 aliphatic carbocycles. The highest BCUT2D eigenvalue weighted by Crippen LogP contribution is 2.15. The minimum Gasteiger partial charge on any atom is -0.395 e. The Kier molecular flexibility index (Phi) is 4.66. The smallest absolute Gasteiger partial charge is 0.395 e. The van der Waals surface area contributed by atoms with Crippen molar-refractivity contribution >= 4 is 17.6 Å². The van der Waals surface area contributed by atoms with Gasteiger partial charge in [-0.25, -0.2) is 9.97 Å². The van der Waals surface area contributed by atoms with Gasteiger partial charge in [0.1, 0.15) is 16.6 Å². The quantitative estimate of drug-likeness (QED) is 0.628. The van der Waals surface area contributed by atoms with E-state index in [1.54, 1.807) is 12.3 Å². The van der Waals surface area contributed by atoms with Crippen LogP contribution in [0.4, 0.5) is 11.7 Å². The maximum absolute atomic E-state index is 11.9. The minimum absolute atomic E-state index is 0.0888.